The Kier molecular flexibility index (Phi) is 4.99. The third-order valence-electron chi connectivity index (χ3n) is 4.14. The molecule has 1 heterocycles. The van der Waals surface area contributed by atoms with Gasteiger partial charge in [-0.25, -0.2) is 0 Å². The zero-order valence-corrected chi connectivity index (χ0v) is 15.1. The number of para-hydroxylation sites is 1. The Morgan fingerprint density at radius 3 is 2.80 bits per heavy atom. The van der Waals surface area contributed by atoms with Crippen LogP contribution in [-0.2, 0) is 9.59 Å². The minimum atomic E-state index is -0.497. The molecular weight excluding hydrogens is 336 g/mol. The number of benzene rings is 2. The number of hydrogen-bond acceptors (Lipinski definition) is 4. The highest BCUT2D eigenvalue weighted by atomic mass is 32.2. The average Bonchev–Trinajstić information content (AvgIpc) is 2.60. The van der Waals surface area contributed by atoms with Crippen molar-refractivity contribution in [1.29, 1.82) is 0 Å². The standard InChI is InChI=1S/C19H20N2O3S/c1-11-8-9-15(24-3)14(10-11)21-18(22)12(2)17-19(23)20-13-6-4-5-7-16(13)25-17/h4-10,12,17H,1-3H3,(H,20,23)(H,21,22)/t12-,17-/m1/s1. The van der Waals surface area contributed by atoms with Crippen LogP contribution in [0.1, 0.15) is 12.5 Å². The lowest BCUT2D eigenvalue weighted by atomic mass is 10.0. The predicted molar refractivity (Wildman–Crippen MR) is 100 cm³/mol. The third kappa shape index (κ3) is 3.64. The number of ether oxygens (including phenoxy) is 1. The molecular formula is C19H20N2O3S. The largest absolute Gasteiger partial charge is 0.495 e. The summed E-state index contributed by atoms with van der Waals surface area (Å²) >= 11 is 1.42. The number of carbonyl (C=O) groups excluding carboxylic acids is 2. The summed E-state index contributed by atoms with van der Waals surface area (Å²) < 4.78 is 5.29. The van der Waals surface area contributed by atoms with Gasteiger partial charge in [-0.2, -0.15) is 0 Å². The van der Waals surface area contributed by atoms with E-state index in [1.165, 1.54) is 11.8 Å². The predicted octanol–water partition coefficient (Wildman–Crippen LogP) is 3.69. The fraction of sp³-hybridized carbons (Fsp3) is 0.263. The van der Waals surface area contributed by atoms with Crippen LogP contribution in [0, 0.1) is 12.8 Å². The van der Waals surface area contributed by atoms with E-state index in [1.54, 1.807) is 14.0 Å². The maximum atomic E-state index is 12.7. The van der Waals surface area contributed by atoms with Gasteiger partial charge >= 0.3 is 0 Å². The van der Waals surface area contributed by atoms with Gasteiger partial charge in [-0.1, -0.05) is 25.1 Å². The molecule has 0 aliphatic carbocycles. The van der Waals surface area contributed by atoms with Gasteiger partial charge in [0.15, 0.2) is 0 Å². The van der Waals surface area contributed by atoms with Crippen LogP contribution in [0.15, 0.2) is 47.4 Å². The number of carbonyl (C=O) groups is 2. The summed E-state index contributed by atoms with van der Waals surface area (Å²) in [7, 11) is 1.56. The molecule has 6 heteroatoms. The zero-order valence-electron chi connectivity index (χ0n) is 14.3. The van der Waals surface area contributed by atoms with Crippen molar-refractivity contribution in [2.45, 2.75) is 24.0 Å². The molecule has 0 bridgehead atoms. The summed E-state index contributed by atoms with van der Waals surface area (Å²) in [4.78, 5) is 26.1. The first-order valence-electron chi connectivity index (χ1n) is 8.01. The number of aryl methyl sites for hydroxylation is 1. The minimum Gasteiger partial charge on any atom is -0.495 e. The summed E-state index contributed by atoms with van der Waals surface area (Å²) in [5, 5.41) is 5.28. The topological polar surface area (TPSA) is 67.4 Å². The molecule has 3 rings (SSSR count). The Balaban J connectivity index is 1.77. The van der Waals surface area contributed by atoms with Gasteiger partial charge in [0, 0.05) is 4.90 Å². The Morgan fingerprint density at radius 2 is 2.04 bits per heavy atom. The van der Waals surface area contributed by atoms with E-state index in [0.29, 0.717) is 11.4 Å². The number of thioether (sulfide) groups is 1. The molecule has 130 valence electrons. The van der Waals surface area contributed by atoms with Gasteiger partial charge in [-0.15, -0.1) is 11.8 Å². The van der Waals surface area contributed by atoms with E-state index in [0.717, 1.165) is 16.1 Å². The SMILES string of the molecule is COc1ccc(C)cc1NC(=O)[C@H](C)[C@H]1Sc2ccccc2NC1=O. The molecule has 5 nitrogen and oxygen atoms in total. The van der Waals surface area contributed by atoms with E-state index in [9.17, 15) is 9.59 Å². The van der Waals surface area contributed by atoms with E-state index in [4.69, 9.17) is 4.74 Å². The van der Waals surface area contributed by atoms with Crippen LogP contribution in [0.2, 0.25) is 0 Å². The smallest absolute Gasteiger partial charge is 0.238 e. The highest BCUT2D eigenvalue weighted by molar-refractivity contribution is 8.01. The van der Waals surface area contributed by atoms with Crippen LogP contribution in [-0.4, -0.2) is 24.2 Å². The molecule has 25 heavy (non-hydrogen) atoms. The number of hydrogen-bond donors (Lipinski definition) is 2. The maximum Gasteiger partial charge on any atom is 0.238 e. The second kappa shape index (κ2) is 7.19. The van der Waals surface area contributed by atoms with Crippen molar-refractivity contribution in [3.63, 3.8) is 0 Å². The first kappa shape index (κ1) is 17.4. The first-order chi connectivity index (χ1) is 12.0. The van der Waals surface area contributed by atoms with Crippen molar-refractivity contribution >= 4 is 35.0 Å². The molecule has 0 aromatic heterocycles. The second-order valence-electron chi connectivity index (χ2n) is 6.01. The quantitative estimate of drug-likeness (QED) is 0.877. The number of rotatable bonds is 4. The van der Waals surface area contributed by atoms with Crippen molar-refractivity contribution in [2.24, 2.45) is 5.92 Å². The van der Waals surface area contributed by atoms with Gasteiger partial charge in [0.1, 0.15) is 5.75 Å². The van der Waals surface area contributed by atoms with Crippen molar-refractivity contribution in [3.8, 4) is 5.75 Å². The number of fused-ring (bicyclic) bond motifs is 1. The van der Waals surface area contributed by atoms with E-state index in [-0.39, 0.29) is 11.8 Å². The first-order valence-corrected chi connectivity index (χ1v) is 8.89. The minimum absolute atomic E-state index is 0.150. The number of amides is 2. The maximum absolute atomic E-state index is 12.7. The monoisotopic (exact) mass is 356 g/mol. The van der Waals surface area contributed by atoms with E-state index < -0.39 is 11.2 Å². The van der Waals surface area contributed by atoms with Gasteiger partial charge in [-0.05, 0) is 36.8 Å². The molecule has 0 saturated heterocycles. The lowest BCUT2D eigenvalue weighted by Crippen LogP contribution is -2.39. The lowest BCUT2D eigenvalue weighted by Gasteiger charge is -2.27. The highest BCUT2D eigenvalue weighted by Gasteiger charge is 2.35. The van der Waals surface area contributed by atoms with Crippen LogP contribution < -0.4 is 15.4 Å². The van der Waals surface area contributed by atoms with E-state index >= 15 is 0 Å². The Hall–Kier alpha value is -2.47. The number of anilines is 2. The Bertz CT molecular complexity index is 822. The fourth-order valence-electron chi connectivity index (χ4n) is 2.70. The molecule has 1 aliphatic rings. The van der Waals surface area contributed by atoms with Crippen LogP contribution in [0.5, 0.6) is 5.75 Å². The molecule has 0 saturated carbocycles. The van der Waals surface area contributed by atoms with Crippen molar-refractivity contribution in [3.05, 3.63) is 48.0 Å². The van der Waals surface area contributed by atoms with Gasteiger partial charge in [0.05, 0.1) is 29.7 Å². The summed E-state index contributed by atoms with van der Waals surface area (Å²) in [5.74, 6) is -0.265. The molecule has 2 amide bonds. The van der Waals surface area contributed by atoms with Crippen LogP contribution in [0.25, 0.3) is 0 Å². The molecule has 0 unspecified atom stereocenters. The molecule has 0 fully saturated rings. The number of methoxy groups -OCH3 is 1. The number of nitrogens with one attached hydrogen (secondary N) is 2. The normalized spacial score (nSPS) is 17.2. The molecule has 0 radical (unpaired) electrons. The molecule has 2 atom stereocenters. The summed E-state index contributed by atoms with van der Waals surface area (Å²) in [6, 6.07) is 13.2. The fourth-order valence-corrected chi connectivity index (χ4v) is 3.87. The highest BCUT2D eigenvalue weighted by Crippen LogP contribution is 2.38. The van der Waals surface area contributed by atoms with Gasteiger partial charge in [-0.3, -0.25) is 9.59 Å². The van der Waals surface area contributed by atoms with Crippen molar-refractivity contribution in [2.75, 3.05) is 17.7 Å². The van der Waals surface area contributed by atoms with Gasteiger partial charge in [0.25, 0.3) is 0 Å². The van der Waals surface area contributed by atoms with E-state index in [1.807, 2.05) is 49.4 Å². The Morgan fingerprint density at radius 1 is 1.28 bits per heavy atom. The zero-order chi connectivity index (χ0) is 18.0. The summed E-state index contributed by atoms with van der Waals surface area (Å²) in [6.45, 7) is 3.71. The van der Waals surface area contributed by atoms with Gasteiger partial charge < -0.3 is 15.4 Å². The Labute approximate surface area is 151 Å². The average molecular weight is 356 g/mol. The molecule has 2 aromatic carbocycles. The van der Waals surface area contributed by atoms with Crippen LogP contribution in [0.3, 0.4) is 0 Å². The summed E-state index contributed by atoms with van der Waals surface area (Å²) in [5.41, 5.74) is 2.42. The third-order valence-corrected chi connectivity index (χ3v) is 5.62. The van der Waals surface area contributed by atoms with Gasteiger partial charge in [0.2, 0.25) is 11.8 Å². The second-order valence-corrected chi connectivity index (χ2v) is 7.19. The molecule has 0 spiro atoms. The van der Waals surface area contributed by atoms with Crippen LogP contribution in [0.4, 0.5) is 11.4 Å². The lowest BCUT2D eigenvalue weighted by molar-refractivity contribution is -0.123. The van der Waals surface area contributed by atoms with Crippen molar-refractivity contribution < 1.29 is 14.3 Å². The summed E-state index contributed by atoms with van der Waals surface area (Å²) in [6.07, 6.45) is 0. The van der Waals surface area contributed by atoms with Crippen LogP contribution >= 0.6 is 11.8 Å². The molecule has 2 N–H and O–H groups in total. The van der Waals surface area contributed by atoms with Crippen molar-refractivity contribution in [1.82, 2.24) is 0 Å². The molecule has 2 aromatic rings. The van der Waals surface area contributed by atoms with E-state index in [2.05, 4.69) is 10.6 Å². The molecule has 1 aliphatic heterocycles.